The zero-order valence-electron chi connectivity index (χ0n) is 14.8. The molecule has 3 rings (SSSR count). The molecule has 0 bridgehead atoms. The molecule has 1 heterocycles. The first-order valence-electron chi connectivity index (χ1n) is 8.72. The third kappa shape index (κ3) is 2.87. The van der Waals surface area contributed by atoms with Gasteiger partial charge >= 0.3 is 11.9 Å². The second-order valence-corrected chi connectivity index (χ2v) is 7.59. The lowest BCUT2D eigenvalue weighted by Gasteiger charge is -2.47. The van der Waals surface area contributed by atoms with Gasteiger partial charge in [-0.05, 0) is 11.8 Å². The van der Waals surface area contributed by atoms with Crippen molar-refractivity contribution in [1.29, 1.82) is 0 Å². The largest absolute Gasteiger partial charge is 0.512 e. The van der Waals surface area contributed by atoms with Crippen LogP contribution in [0.4, 0.5) is 0 Å². The van der Waals surface area contributed by atoms with Gasteiger partial charge in [0.25, 0.3) is 0 Å². The molecule has 6 heteroatoms. The number of fused-ring (bicyclic) bond motifs is 3. The molecule has 25 heavy (non-hydrogen) atoms. The SMILES string of the molecule is COC(=O)[C@]12C[C@H](C)C=C[C@@H]1[C@H]1CC(=O)C[C@@H](C)C/C(O)=C\1C(=O)O2. The van der Waals surface area contributed by atoms with Crippen LogP contribution in [0.2, 0.25) is 0 Å². The van der Waals surface area contributed by atoms with E-state index in [0.717, 1.165) is 0 Å². The number of Topliss-reactive ketones (excluding diaryl/α,β-unsaturated/α-hetero) is 1. The fraction of sp³-hybridized carbons (Fsp3) is 0.632. The minimum atomic E-state index is -1.43. The number of allylic oxidation sites excluding steroid dienone is 2. The van der Waals surface area contributed by atoms with E-state index in [-0.39, 0.29) is 41.8 Å². The maximum Gasteiger partial charge on any atom is 0.351 e. The lowest BCUT2D eigenvalue weighted by atomic mass is 9.64. The van der Waals surface area contributed by atoms with Crippen molar-refractivity contribution in [2.24, 2.45) is 23.7 Å². The van der Waals surface area contributed by atoms with Crippen LogP contribution in [-0.2, 0) is 23.9 Å². The second kappa shape index (κ2) is 6.32. The summed E-state index contributed by atoms with van der Waals surface area (Å²) in [7, 11) is 1.26. The molecule has 0 aromatic rings. The van der Waals surface area contributed by atoms with Crippen molar-refractivity contribution in [3.05, 3.63) is 23.5 Å². The van der Waals surface area contributed by atoms with Gasteiger partial charge in [0.1, 0.15) is 11.5 Å². The molecule has 0 radical (unpaired) electrons. The molecule has 136 valence electrons. The summed E-state index contributed by atoms with van der Waals surface area (Å²) in [5.41, 5.74) is -1.29. The van der Waals surface area contributed by atoms with Gasteiger partial charge in [-0.3, -0.25) is 4.79 Å². The number of rotatable bonds is 1. The maximum atomic E-state index is 12.7. The Morgan fingerprint density at radius 2 is 1.96 bits per heavy atom. The zero-order valence-corrected chi connectivity index (χ0v) is 14.8. The van der Waals surface area contributed by atoms with Crippen LogP contribution in [0.15, 0.2) is 23.5 Å². The van der Waals surface area contributed by atoms with Gasteiger partial charge < -0.3 is 14.6 Å². The molecule has 5 atom stereocenters. The lowest BCUT2D eigenvalue weighted by molar-refractivity contribution is -0.195. The summed E-state index contributed by atoms with van der Waals surface area (Å²) in [6.45, 7) is 3.79. The first kappa shape index (κ1) is 17.7. The highest BCUT2D eigenvalue weighted by Crippen LogP contribution is 2.49. The van der Waals surface area contributed by atoms with Gasteiger partial charge in [0.15, 0.2) is 0 Å². The molecule has 0 spiro atoms. The highest BCUT2D eigenvalue weighted by atomic mass is 16.6. The van der Waals surface area contributed by atoms with Crippen molar-refractivity contribution in [2.45, 2.75) is 45.1 Å². The Bertz CT molecular complexity index is 675. The Morgan fingerprint density at radius 1 is 1.24 bits per heavy atom. The molecule has 1 N–H and O–H groups in total. The molecule has 3 aliphatic rings. The molecule has 0 aromatic heterocycles. The van der Waals surface area contributed by atoms with Crippen molar-refractivity contribution in [1.82, 2.24) is 0 Å². The van der Waals surface area contributed by atoms with E-state index >= 15 is 0 Å². The minimum Gasteiger partial charge on any atom is -0.512 e. The molecule has 6 nitrogen and oxygen atoms in total. The van der Waals surface area contributed by atoms with Gasteiger partial charge in [0.2, 0.25) is 5.60 Å². The Hall–Kier alpha value is -2.11. The number of aliphatic hydroxyl groups is 1. The van der Waals surface area contributed by atoms with Crippen molar-refractivity contribution >= 4 is 17.7 Å². The van der Waals surface area contributed by atoms with Crippen LogP contribution >= 0.6 is 0 Å². The Balaban J connectivity index is 2.14. The Kier molecular flexibility index (Phi) is 4.47. The monoisotopic (exact) mass is 348 g/mol. The predicted octanol–water partition coefficient (Wildman–Crippen LogP) is 2.48. The Labute approximate surface area is 146 Å². The quantitative estimate of drug-likeness (QED) is 0.578. The van der Waals surface area contributed by atoms with Crippen LogP contribution in [0.1, 0.15) is 39.5 Å². The number of hydrogen-bond acceptors (Lipinski definition) is 6. The van der Waals surface area contributed by atoms with Gasteiger partial charge in [-0.2, -0.15) is 0 Å². The van der Waals surface area contributed by atoms with Crippen LogP contribution < -0.4 is 0 Å². The van der Waals surface area contributed by atoms with Gasteiger partial charge in [-0.25, -0.2) is 9.59 Å². The van der Waals surface area contributed by atoms with E-state index in [0.29, 0.717) is 12.8 Å². The number of aliphatic hydroxyl groups excluding tert-OH is 1. The average Bonchev–Trinajstić information content (AvgIpc) is 2.51. The lowest BCUT2D eigenvalue weighted by Crippen LogP contribution is -2.59. The summed E-state index contributed by atoms with van der Waals surface area (Å²) in [5.74, 6) is -2.40. The molecule has 0 unspecified atom stereocenters. The summed E-state index contributed by atoms with van der Waals surface area (Å²) in [6.07, 6.45) is 4.83. The van der Waals surface area contributed by atoms with Gasteiger partial charge in [0, 0.05) is 37.5 Å². The number of esters is 2. The molecule has 0 aromatic carbocycles. The summed E-state index contributed by atoms with van der Waals surface area (Å²) in [5, 5.41) is 10.5. The number of carbonyl (C=O) groups excluding carboxylic acids is 3. The van der Waals surface area contributed by atoms with Crippen molar-refractivity contribution in [3.63, 3.8) is 0 Å². The van der Waals surface area contributed by atoms with E-state index in [9.17, 15) is 19.5 Å². The summed E-state index contributed by atoms with van der Waals surface area (Å²) < 4.78 is 10.6. The normalized spacial score (nSPS) is 41.1. The maximum absolute atomic E-state index is 12.7. The van der Waals surface area contributed by atoms with Crippen molar-refractivity contribution in [2.75, 3.05) is 7.11 Å². The van der Waals surface area contributed by atoms with Crippen LogP contribution in [0.5, 0.6) is 0 Å². The van der Waals surface area contributed by atoms with E-state index in [1.165, 1.54) is 7.11 Å². The van der Waals surface area contributed by atoms with Gasteiger partial charge in [-0.15, -0.1) is 0 Å². The molecular formula is C19H24O6. The number of methoxy groups -OCH3 is 1. The molecule has 0 amide bonds. The highest BCUT2D eigenvalue weighted by Gasteiger charge is 2.60. The average molecular weight is 348 g/mol. The number of ketones is 1. The summed E-state index contributed by atoms with van der Waals surface area (Å²) in [6, 6.07) is 0. The van der Waals surface area contributed by atoms with Crippen LogP contribution in [0, 0.1) is 23.7 Å². The molecule has 0 saturated carbocycles. The third-order valence-corrected chi connectivity index (χ3v) is 5.52. The summed E-state index contributed by atoms with van der Waals surface area (Å²) in [4.78, 5) is 37.7. The fourth-order valence-corrected chi connectivity index (χ4v) is 4.49. The predicted molar refractivity (Wildman–Crippen MR) is 88.4 cm³/mol. The molecular weight excluding hydrogens is 324 g/mol. The third-order valence-electron chi connectivity index (χ3n) is 5.52. The van der Waals surface area contributed by atoms with E-state index in [1.807, 2.05) is 26.0 Å². The fourth-order valence-electron chi connectivity index (χ4n) is 4.49. The first-order chi connectivity index (χ1) is 11.8. The minimum absolute atomic E-state index is 0.0273. The van der Waals surface area contributed by atoms with Crippen LogP contribution in [0.25, 0.3) is 0 Å². The van der Waals surface area contributed by atoms with E-state index < -0.39 is 29.4 Å². The second-order valence-electron chi connectivity index (χ2n) is 7.59. The van der Waals surface area contributed by atoms with Crippen molar-refractivity contribution < 1.29 is 29.0 Å². The van der Waals surface area contributed by atoms with Crippen LogP contribution in [-0.4, -0.2) is 35.5 Å². The number of carbonyl (C=O) groups is 3. The Morgan fingerprint density at radius 3 is 2.64 bits per heavy atom. The molecule has 1 saturated heterocycles. The van der Waals surface area contributed by atoms with Gasteiger partial charge in [-0.1, -0.05) is 26.0 Å². The topological polar surface area (TPSA) is 89.9 Å². The highest BCUT2D eigenvalue weighted by molar-refractivity contribution is 5.97. The van der Waals surface area contributed by atoms with E-state index in [2.05, 4.69) is 0 Å². The standard InChI is InChI=1S/C19H24O6/c1-10-4-5-14-13-8-12(20)6-11(2)7-15(21)16(13)17(22)25-19(14,9-10)18(23)24-3/h4-5,10-11,13-14,21H,6-9H2,1-3H3/b16-15-/t10-,11-,13-,14-,19+/m1/s1. The van der Waals surface area contributed by atoms with Gasteiger partial charge in [0.05, 0.1) is 12.7 Å². The van der Waals surface area contributed by atoms with E-state index in [1.54, 1.807) is 0 Å². The van der Waals surface area contributed by atoms with Crippen LogP contribution in [0.3, 0.4) is 0 Å². The zero-order chi connectivity index (χ0) is 18.4. The van der Waals surface area contributed by atoms with Crippen molar-refractivity contribution in [3.8, 4) is 0 Å². The number of hydrogen-bond donors (Lipinski definition) is 1. The van der Waals surface area contributed by atoms with E-state index in [4.69, 9.17) is 9.47 Å². The smallest absolute Gasteiger partial charge is 0.351 e. The molecule has 1 aliphatic heterocycles. The molecule has 2 aliphatic carbocycles. The molecule has 1 fully saturated rings. The number of ether oxygens (including phenoxy) is 2. The first-order valence-corrected chi connectivity index (χ1v) is 8.72. The summed E-state index contributed by atoms with van der Waals surface area (Å²) >= 11 is 0.